The molecule has 5 nitrogen and oxygen atoms in total. The van der Waals surface area contributed by atoms with Crippen LogP contribution in [0.5, 0.6) is 5.75 Å². The number of hydrogen-bond acceptors (Lipinski definition) is 5. The lowest BCUT2D eigenvalue weighted by Crippen LogP contribution is -2.18. The fraction of sp³-hybridized carbons (Fsp3) is 0.125. The molecule has 2 aromatic heterocycles. The number of methoxy groups -OCH3 is 1. The van der Waals surface area contributed by atoms with Gasteiger partial charge < -0.3 is 4.74 Å². The average molecular weight is 345 g/mol. The maximum absolute atomic E-state index is 11.9. The van der Waals surface area contributed by atoms with Gasteiger partial charge in [-0.15, -0.1) is 22.7 Å². The predicted octanol–water partition coefficient (Wildman–Crippen LogP) is 4.83. The van der Waals surface area contributed by atoms with Gasteiger partial charge in [-0.05, 0) is 48.2 Å². The van der Waals surface area contributed by atoms with E-state index in [2.05, 4.69) is 15.6 Å². The third kappa shape index (κ3) is 3.69. The number of hydrogen-bond donors (Lipinski definition) is 2. The van der Waals surface area contributed by atoms with Crippen molar-refractivity contribution in [3.8, 4) is 17.0 Å². The first-order valence-electron chi connectivity index (χ1n) is 6.88. The highest BCUT2D eigenvalue weighted by Gasteiger charge is 2.09. The van der Waals surface area contributed by atoms with E-state index in [0.717, 1.165) is 27.6 Å². The molecular weight excluding hydrogens is 330 g/mol. The van der Waals surface area contributed by atoms with Gasteiger partial charge in [-0.2, -0.15) is 0 Å². The van der Waals surface area contributed by atoms with E-state index in [0.29, 0.717) is 5.13 Å². The molecule has 0 atom stereocenters. The van der Waals surface area contributed by atoms with Gasteiger partial charge in [0.25, 0.3) is 0 Å². The third-order valence-electron chi connectivity index (χ3n) is 3.17. The summed E-state index contributed by atoms with van der Waals surface area (Å²) < 4.78 is 5.26. The van der Waals surface area contributed by atoms with Crippen LogP contribution in [-0.4, -0.2) is 18.1 Å². The molecule has 0 aliphatic heterocycles. The number of thiazole rings is 1. The maximum Gasteiger partial charge on any atom is 0.326 e. The number of thiophene rings is 1. The Bertz CT molecular complexity index is 813. The topological polar surface area (TPSA) is 63.2 Å². The molecule has 3 rings (SSSR count). The van der Waals surface area contributed by atoms with Gasteiger partial charge in [0.2, 0.25) is 0 Å². The van der Waals surface area contributed by atoms with Gasteiger partial charge in [0.05, 0.1) is 17.8 Å². The molecule has 0 fully saturated rings. The number of carbonyl (C=O) groups is 1. The first kappa shape index (κ1) is 15.5. The molecule has 0 bridgehead atoms. The normalized spacial score (nSPS) is 10.3. The van der Waals surface area contributed by atoms with Crippen LogP contribution in [0, 0.1) is 6.92 Å². The monoisotopic (exact) mass is 345 g/mol. The number of aromatic nitrogens is 1. The van der Waals surface area contributed by atoms with Crippen molar-refractivity contribution in [2.45, 2.75) is 6.92 Å². The summed E-state index contributed by atoms with van der Waals surface area (Å²) in [4.78, 5) is 16.4. The number of nitrogens with one attached hydrogen (secondary N) is 2. The lowest BCUT2D eigenvalue weighted by molar-refractivity contribution is 0.262. The van der Waals surface area contributed by atoms with E-state index < -0.39 is 0 Å². The fourth-order valence-electron chi connectivity index (χ4n) is 2.09. The SMILES string of the molecule is COc1ccc(-c2csc(NC(=O)Nc3cccs3)n2)cc1C. The van der Waals surface area contributed by atoms with Crippen molar-refractivity contribution in [1.82, 2.24) is 4.98 Å². The highest BCUT2D eigenvalue weighted by molar-refractivity contribution is 7.14. The number of nitrogens with zero attached hydrogens (tertiary/aromatic N) is 1. The molecule has 3 aromatic rings. The van der Waals surface area contributed by atoms with E-state index in [1.807, 2.05) is 48.0 Å². The molecule has 0 aliphatic carbocycles. The van der Waals surface area contributed by atoms with Crippen LogP contribution in [-0.2, 0) is 0 Å². The summed E-state index contributed by atoms with van der Waals surface area (Å²) in [6.45, 7) is 1.99. The Labute approximate surface area is 142 Å². The quantitative estimate of drug-likeness (QED) is 0.712. The van der Waals surface area contributed by atoms with E-state index in [4.69, 9.17) is 4.74 Å². The molecule has 0 spiro atoms. The summed E-state index contributed by atoms with van der Waals surface area (Å²) in [5.41, 5.74) is 2.86. The summed E-state index contributed by atoms with van der Waals surface area (Å²) in [5.74, 6) is 0.845. The number of rotatable bonds is 4. The number of benzene rings is 1. The molecule has 0 saturated carbocycles. The van der Waals surface area contributed by atoms with Crippen molar-refractivity contribution in [3.63, 3.8) is 0 Å². The molecule has 0 aliphatic rings. The Morgan fingerprint density at radius 3 is 2.78 bits per heavy atom. The number of ether oxygens (including phenoxy) is 1. The fourth-order valence-corrected chi connectivity index (χ4v) is 3.42. The molecule has 0 radical (unpaired) electrons. The minimum absolute atomic E-state index is 0.292. The van der Waals surface area contributed by atoms with Crippen LogP contribution in [0.1, 0.15) is 5.56 Å². The van der Waals surface area contributed by atoms with Gasteiger partial charge >= 0.3 is 6.03 Å². The van der Waals surface area contributed by atoms with E-state index in [1.54, 1.807) is 7.11 Å². The largest absolute Gasteiger partial charge is 0.496 e. The summed E-state index contributed by atoms with van der Waals surface area (Å²) >= 11 is 2.86. The Kier molecular flexibility index (Phi) is 4.59. The standard InChI is InChI=1S/C16H15N3O2S2/c1-10-8-11(5-6-13(10)21-2)12-9-23-16(17-12)19-15(20)18-14-4-3-7-22-14/h3-9H,1-2H3,(H2,17,18,19,20). The number of amides is 2. The molecule has 0 saturated heterocycles. The minimum atomic E-state index is -0.292. The van der Waals surface area contributed by atoms with Crippen LogP contribution >= 0.6 is 22.7 Å². The first-order chi connectivity index (χ1) is 11.2. The average Bonchev–Trinajstić information content (AvgIpc) is 3.19. The number of aryl methyl sites for hydroxylation is 1. The van der Waals surface area contributed by atoms with E-state index >= 15 is 0 Å². The highest BCUT2D eigenvalue weighted by atomic mass is 32.1. The van der Waals surface area contributed by atoms with E-state index in [1.165, 1.54) is 22.7 Å². The zero-order valence-corrected chi connectivity index (χ0v) is 14.3. The predicted molar refractivity (Wildman–Crippen MR) is 95.8 cm³/mol. The Morgan fingerprint density at radius 2 is 2.09 bits per heavy atom. The summed E-state index contributed by atoms with van der Waals surface area (Å²) in [6, 6.07) is 9.32. The zero-order valence-electron chi connectivity index (χ0n) is 12.6. The summed E-state index contributed by atoms with van der Waals surface area (Å²) in [5, 5.41) is 10.7. The third-order valence-corrected chi connectivity index (χ3v) is 4.72. The van der Waals surface area contributed by atoms with E-state index in [-0.39, 0.29) is 6.03 Å². The van der Waals surface area contributed by atoms with Crippen molar-refractivity contribution in [1.29, 1.82) is 0 Å². The van der Waals surface area contributed by atoms with Gasteiger partial charge in [0.15, 0.2) is 5.13 Å². The van der Waals surface area contributed by atoms with Crippen LogP contribution in [0.3, 0.4) is 0 Å². The van der Waals surface area contributed by atoms with Crippen LogP contribution < -0.4 is 15.4 Å². The summed E-state index contributed by atoms with van der Waals surface area (Å²) in [6.07, 6.45) is 0. The molecule has 23 heavy (non-hydrogen) atoms. The highest BCUT2D eigenvalue weighted by Crippen LogP contribution is 2.28. The Balaban J connectivity index is 1.70. The number of anilines is 2. The molecule has 0 unspecified atom stereocenters. The lowest BCUT2D eigenvalue weighted by Gasteiger charge is -2.05. The van der Waals surface area contributed by atoms with Crippen LogP contribution in [0.15, 0.2) is 41.1 Å². The van der Waals surface area contributed by atoms with Gasteiger partial charge in [0, 0.05) is 10.9 Å². The Hall–Kier alpha value is -2.38. The van der Waals surface area contributed by atoms with Crippen molar-refractivity contribution >= 4 is 38.8 Å². The van der Waals surface area contributed by atoms with E-state index in [9.17, 15) is 4.79 Å². The molecule has 2 heterocycles. The van der Waals surface area contributed by atoms with Gasteiger partial charge in [0.1, 0.15) is 5.75 Å². The lowest BCUT2D eigenvalue weighted by atomic mass is 10.1. The molecule has 2 amide bonds. The first-order valence-corrected chi connectivity index (χ1v) is 8.63. The second-order valence-corrected chi connectivity index (χ2v) is 6.58. The zero-order chi connectivity index (χ0) is 16.2. The molecule has 2 N–H and O–H groups in total. The number of urea groups is 1. The van der Waals surface area contributed by atoms with Crippen molar-refractivity contribution in [2.24, 2.45) is 0 Å². The summed E-state index contributed by atoms with van der Waals surface area (Å²) in [7, 11) is 1.65. The van der Waals surface area contributed by atoms with Crippen molar-refractivity contribution in [3.05, 3.63) is 46.7 Å². The van der Waals surface area contributed by atoms with Crippen LogP contribution in [0.4, 0.5) is 14.9 Å². The molecule has 7 heteroatoms. The number of carbonyl (C=O) groups excluding carboxylic acids is 1. The van der Waals surface area contributed by atoms with Gasteiger partial charge in [-0.1, -0.05) is 0 Å². The van der Waals surface area contributed by atoms with Crippen LogP contribution in [0.2, 0.25) is 0 Å². The second-order valence-electron chi connectivity index (χ2n) is 4.78. The van der Waals surface area contributed by atoms with Gasteiger partial charge in [-0.3, -0.25) is 10.6 Å². The van der Waals surface area contributed by atoms with Gasteiger partial charge in [-0.25, -0.2) is 9.78 Å². The maximum atomic E-state index is 11.9. The molecular formula is C16H15N3O2S2. The smallest absolute Gasteiger partial charge is 0.326 e. The molecule has 118 valence electrons. The minimum Gasteiger partial charge on any atom is -0.496 e. The molecule has 1 aromatic carbocycles. The van der Waals surface area contributed by atoms with Crippen molar-refractivity contribution in [2.75, 3.05) is 17.7 Å². The second kappa shape index (κ2) is 6.80. The van der Waals surface area contributed by atoms with Crippen LogP contribution in [0.25, 0.3) is 11.3 Å². The Morgan fingerprint density at radius 1 is 1.22 bits per heavy atom. The van der Waals surface area contributed by atoms with Crippen molar-refractivity contribution < 1.29 is 9.53 Å².